The maximum absolute atomic E-state index is 6.28. The first-order chi connectivity index (χ1) is 8.66. The molecule has 2 rings (SSSR count). The molecular weight excluding hydrogens is 244 g/mol. The summed E-state index contributed by atoms with van der Waals surface area (Å²) in [5.41, 5.74) is 3.55. The Kier molecular flexibility index (Phi) is 4.90. The second kappa shape index (κ2) is 6.44. The van der Waals surface area contributed by atoms with E-state index in [1.807, 2.05) is 6.07 Å². The Labute approximate surface area is 115 Å². The van der Waals surface area contributed by atoms with E-state index < -0.39 is 0 Å². The zero-order valence-corrected chi connectivity index (χ0v) is 12.1. The van der Waals surface area contributed by atoms with E-state index in [1.165, 1.54) is 43.4 Å². The molecular formula is C15H23ClN2. The minimum Gasteiger partial charge on any atom is -0.384 e. The molecule has 1 unspecified atom stereocenters. The maximum Gasteiger partial charge on any atom is 0.0642 e. The van der Waals surface area contributed by atoms with Crippen molar-refractivity contribution >= 4 is 17.3 Å². The first kappa shape index (κ1) is 13.7. The molecule has 1 aliphatic heterocycles. The largest absolute Gasteiger partial charge is 0.384 e. The highest BCUT2D eigenvalue weighted by molar-refractivity contribution is 6.33. The van der Waals surface area contributed by atoms with Gasteiger partial charge in [-0.2, -0.15) is 0 Å². The molecule has 1 atom stereocenters. The summed E-state index contributed by atoms with van der Waals surface area (Å²) in [6, 6.07) is 4.87. The topological polar surface area (TPSA) is 24.1 Å². The van der Waals surface area contributed by atoms with Crippen LogP contribution in [-0.4, -0.2) is 19.1 Å². The van der Waals surface area contributed by atoms with E-state index in [4.69, 9.17) is 11.6 Å². The number of anilines is 1. The first-order valence-corrected chi connectivity index (χ1v) is 7.28. The van der Waals surface area contributed by atoms with Crippen molar-refractivity contribution in [2.45, 2.75) is 45.6 Å². The first-order valence-electron chi connectivity index (χ1n) is 6.91. The summed E-state index contributed by atoms with van der Waals surface area (Å²) in [6.45, 7) is 6.35. The van der Waals surface area contributed by atoms with E-state index in [2.05, 4.69) is 30.5 Å². The Morgan fingerprint density at radius 3 is 2.83 bits per heavy atom. The van der Waals surface area contributed by atoms with Crippen LogP contribution in [0, 0.1) is 13.8 Å². The van der Waals surface area contributed by atoms with E-state index in [1.54, 1.807) is 0 Å². The highest BCUT2D eigenvalue weighted by atomic mass is 35.5. The zero-order valence-electron chi connectivity index (χ0n) is 11.4. The summed E-state index contributed by atoms with van der Waals surface area (Å²) in [4.78, 5) is 0. The Morgan fingerprint density at radius 2 is 2.17 bits per heavy atom. The number of piperidine rings is 1. The van der Waals surface area contributed by atoms with Crippen LogP contribution in [0.15, 0.2) is 12.1 Å². The highest BCUT2D eigenvalue weighted by Gasteiger charge is 2.12. The second-order valence-electron chi connectivity index (χ2n) is 5.30. The van der Waals surface area contributed by atoms with Gasteiger partial charge in [0.1, 0.15) is 0 Å². The third-order valence-corrected chi connectivity index (χ3v) is 3.94. The molecule has 0 saturated carbocycles. The molecule has 1 heterocycles. The minimum atomic E-state index is 0.677. The fourth-order valence-corrected chi connectivity index (χ4v) is 3.07. The van der Waals surface area contributed by atoms with Gasteiger partial charge in [0.25, 0.3) is 0 Å². The lowest BCUT2D eigenvalue weighted by molar-refractivity contribution is 0.389. The van der Waals surface area contributed by atoms with Gasteiger partial charge < -0.3 is 10.6 Å². The normalized spacial score (nSPS) is 19.8. The number of aryl methyl sites for hydroxylation is 2. The summed E-state index contributed by atoms with van der Waals surface area (Å²) in [6.07, 6.45) is 5.17. The average Bonchev–Trinajstić information content (AvgIpc) is 2.34. The van der Waals surface area contributed by atoms with Crippen molar-refractivity contribution in [1.29, 1.82) is 0 Å². The van der Waals surface area contributed by atoms with Gasteiger partial charge in [0.15, 0.2) is 0 Å². The van der Waals surface area contributed by atoms with Gasteiger partial charge in [-0.3, -0.25) is 0 Å². The lowest BCUT2D eigenvalue weighted by atomic mass is 10.0. The van der Waals surface area contributed by atoms with E-state index in [-0.39, 0.29) is 0 Å². The molecule has 0 radical (unpaired) electrons. The Morgan fingerprint density at radius 1 is 1.33 bits per heavy atom. The van der Waals surface area contributed by atoms with Crippen LogP contribution in [0.25, 0.3) is 0 Å². The quantitative estimate of drug-likeness (QED) is 0.864. The molecule has 1 fully saturated rings. The number of nitrogens with one attached hydrogen (secondary N) is 2. The maximum atomic E-state index is 6.28. The van der Waals surface area contributed by atoms with E-state index in [9.17, 15) is 0 Å². The Hall–Kier alpha value is -0.730. The molecule has 0 bridgehead atoms. The summed E-state index contributed by atoms with van der Waals surface area (Å²) < 4.78 is 0. The van der Waals surface area contributed by atoms with Gasteiger partial charge in [0.05, 0.1) is 10.7 Å². The van der Waals surface area contributed by atoms with Crippen LogP contribution in [0.5, 0.6) is 0 Å². The molecule has 2 N–H and O–H groups in total. The lowest BCUT2D eigenvalue weighted by Crippen LogP contribution is -2.35. The number of hydrogen-bond acceptors (Lipinski definition) is 2. The van der Waals surface area contributed by atoms with E-state index in [0.717, 1.165) is 17.3 Å². The van der Waals surface area contributed by atoms with Gasteiger partial charge in [-0.1, -0.05) is 24.1 Å². The third-order valence-electron chi connectivity index (χ3n) is 3.64. The number of benzene rings is 1. The summed E-state index contributed by atoms with van der Waals surface area (Å²) >= 11 is 6.28. The smallest absolute Gasteiger partial charge is 0.0642 e. The van der Waals surface area contributed by atoms with E-state index >= 15 is 0 Å². The summed E-state index contributed by atoms with van der Waals surface area (Å²) in [5, 5.41) is 7.89. The molecule has 0 amide bonds. The van der Waals surface area contributed by atoms with Crippen LogP contribution < -0.4 is 10.6 Å². The van der Waals surface area contributed by atoms with E-state index in [0.29, 0.717) is 6.04 Å². The lowest BCUT2D eigenvalue weighted by Gasteiger charge is -2.24. The van der Waals surface area contributed by atoms with Crippen LogP contribution in [0.1, 0.15) is 36.8 Å². The highest BCUT2D eigenvalue weighted by Crippen LogP contribution is 2.27. The fourth-order valence-electron chi connectivity index (χ4n) is 2.68. The minimum absolute atomic E-state index is 0.677. The van der Waals surface area contributed by atoms with Gasteiger partial charge in [-0.25, -0.2) is 0 Å². The van der Waals surface area contributed by atoms with Crippen LogP contribution in [0.2, 0.25) is 5.02 Å². The molecule has 3 heteroatoms. The van der Waals surface area contributed by atoms with Crippen molar-refractivity contribution in [3.8, 4) is 0 Å². The molecule has 0 spiro atoms. The van der Waals surface area contributed by atoms with Gasteiger partial charge >= 0.3 is 0 Å². The summed E-state index contributed by atoms with van der Waals surface area (Å²) in [5.74, 6) is 0. The predicted molar refractivity (Wildman–Crippen MR) is 79.7 cm³/mol. The molecule has 1 aromatic carbocycles. The predicted octanol–water partition coefficient (Wildman–Crippen LogP) is 3.90. The Bertz CT molecular complexity index is 374. The fraction of sp³-hybridized carbons (Fsp3) is 0.600. The van der Waals surface area contributed by atoms with Crippen LogP contribution in [0.4, 0.5) is 5.69 Å². The summed E-state index contributed by atoms with van der Waals surface area (Å²) in [7, 11) is 0. The molecule has 2 nitrogen and oxygen atoms in total. The molecule has 100 valence electrons. The second-order valence-corrected chi connectivity index (χ2v) is 5.71. The average molecular weight is 267 g/mol. The Balaban J connectivity index is 1.86. The molecule has 0 aliphatic carbocycles. The van der Waals surface area contributed by atoms with Crippen molar-refractivity contribution < 1.29 is 0 Å². The van der Waals surface area contributed by atoms with Crippen LogP contribution >= 0.6 is 11.6 Å². The molecule has 1 saturated heterocycles. The van der Waals surface area contributed by atoms with Crippen molar-refractivity contribution in [3.05, 3.63) is 28.3 Å². The van der Waals surface area contributed by atoms with Crippen molar-refractivity contribution in [1.82, 2.24) is 5.32 Å². The van der Waals surface area contributed by atoms with Gasteiger partial charge in [0, 0.05) is 12.6 Å². The van der Waals surface area contributed by atoms with Gasteiger partial charge in [-0.15, -0.1) is 0 Å². The third kappa shape index (κ3) is 3.63. The van der Waals surface area contributed by atoms with Crippen molar-refractivity contribution in [2.75, 3.05) is 18.4 Å². The van der Waals surface area contributed by atoms with Gasteiger partial charge in [0.2, 0.25) is 0 Å². The molecule has 0 aromatic heterocycles. The van der Waals surface area contributed by atoms with Crippen LogP contribution in [0.3, 0.4) is 0 Å². The number of halogens is 1. The monoisotopic (exact) mass is 266 g/mol. The standard InChI is InChI=1S/C15H23ClN2/c1-11-9-12(2)15(14(16)10-11)18-8-6-13-5-3-4-7-17-13/h9-10,13,17-18H,3-8H2,1-2H3. The SMILES string of the molecule is Cc1cc(C)c(NCCC2CCCCN2)c(Cl)c1. The number of rotatable bonds is 4. The number of hydrogen-bond donors (Lipinski definition) is 2. The zero-order chi connectivity index (χ0) is 13.0. The molecule has 18 heavy (non-hydrogen) atoms. The molecule has 1 aromatic rings. The molecule has 1 aliphatic rings. The van der Waals surface area contributed by atoms with Gasteiger partial charge in [-0.05, 0) is 56.8 Å². The van der Waals surface area contributed by atoms with Crippen molar-refractivity contribution in [2.24, 2.45) is 0 Å². The van der Waals surface area contributed by atoms with Crippen molar-refractivity contribution in [3.63, 3.8) is 0 Å². The van der Waals surface area contributed by atoms with Crippen LogP contribution in [-0.2, 0) is 0 Å².